The Kier molecular flexibility index (Phi) is 4.57. The summed E-state index contributed by atoms with van der Waals surface area (Å²) < 4.78 is 0. The van der Waals surface area contributed by atoms with Crippen LogP contribution in [0.5, 0.6) is 0 Å². The van der Waals surface area contributed by atoms with Crippen molar-refractivity contribution < 1.29 is 5.11 Å². The molecule has 0 amide bonds. The fourth-order valence-electron chi connectivity index (χ4n) is 1.68. The summed E-state index contributed by atoms with van der Waals surface area (Å²) in [5, 5.41) is 13.8. The molecule has 0 saturated carbocycles. The Morgan fingerprint density at radius 1 is 1.22 bits per heavy atom. The average molecular weight is 322 g/mol. The van der Waals surface area contributed by atoms with E-state index in [0.29, 0.717) is 21.5 Å². The standard InChI is InChI=1S/C13H11Cl3OS/c1-7-6-18-13(11(7)15)10(17)5-8-3-2-4-9(14)12(8)16/h2-4,6,10,17H,5H2,1H3. The third-order valence-electron chi connectivity index (χ3n) is 2.67. The van der Waals surface area contributed by atoms with Crippen molar-refractivity contribution in [2.24, 2.45) is 0 Å². The van der Waals surface area contributed by atoms with E-state index < -0.39 is 6.10 Å². The van der Waals surface area contributed by atoms with E-state index in [-0.39, 0.29) is 0 Å². The van der Waals surface area contributed by atoms with Crippen LogP contribution in [0.1, 0.15) is 22.1 Å². The van der Waals surface area contributed by atoms with Gasteiger partial charge < -0.3 is 5.11 Å². The van der Waals surface area contributed by atoms with Gasteiger partial charge in [0.05, 0.1) is 26.0 Å². The van der Waals surface area contributed by atoms with Crippen LogP contribution >= 0.6 is 46.1 Å². The highest BCUT2D eigenvalue weighted by atomic mass is 35.5. The van der Waals surface area contributed by atoms with Gasteiger partial charge in [0.1, 0.15) is 0 Å². The van der Waals surface area contributed by atoms with Crippen LogP contribution in [-0.4, -0.2) is 5.11 Å². The molecule has 2 rings (SSSR count). The van der Waals surface area contributed by atoms with Gasteiger partial charge in [0.2, 0.25) is 0 Å². The quantitative estimate of drug-likeness (QED) is 0.814. The van der Waals surface area contributed by atoms with Gasteiger partial charge in [-0.1, -0.05) is 46.9 Å². The van der Waals surface area contributed by atoms with Crippen molar-refractivity contribution in [1.82, 2.24) is 0 Å². The van der Waals surface area contributed by atoms with E-state index in [1.807, 2.05) is 24.4 Å². The predicted molar refractivity (Wildman–Crippen MR) is 79.2 cm³/mol. The monoisotopic (exact) mass is 320 g/mol. The van der Waals surface area contributed by atoms with Gasteiger partial charge in [-0.2, -0.15) is 0 Å². The van der Waals surface area contributed by atoms with Gasteiger partial charge in [0.15, 0.2) is 0 Å². The lowest BCUT2D eigenvalue weighted by Gasteiger charge is -2.11. The van der Waals surface area contributed by atoms with Crippen LogP contribution in [0.2, 0.25) is 15.1 Å². The smallest absolute Gasteiger partial charge is 0.0937 e. The lowest BCUT2D eigenvalue weighted by atomic mass is 10.1. The SMILES string of the molecule is Cc1csc(C(O)Cc2cccc(Cl)c2Cl)c1Cl. The summed E-state index contributed by atoms with van der Waals surface area (Å²) in [6, 6.07) is 5.39. The third kappa shape index (κ3) is 2.84. The normalized spacial score (nSPS) is 12.7. The Hall–Kier alpha value is -0.250. The van der Waals surface area contributed by atoms with Crippen molar-refractivity contribution in [3.8, 4) is 0 Å². The molecule has 1 atom stereocenters. The fraction of sp³-hybridized carbons (Fsp3) is 0.231. The number of thiophene rings is 1. The maximum Gasteiger partial charge on any atom is 0.0937 e. The van der Waals surface area contributed by atoms with Gasteiger partial charge in [-0.05, 0) is 29.5 Å². The molecule has 1 nitrogen and oxygen atoms in total. The first-order valence-corrected chi connectivity index (χ1v) is 7.36. The maximum atomic E-state index is 10.2. The van der Waals surface area contributed by atoms with E-state index >= 15 is 0 Å². The molecule has 1 aromatic carbocycles. The van der Waals surface area contributed by atoms with E-state index in [9.17, 15) is 5.11 Å². The van der Waals surface area contributed by atoms with Crippen molar-refractivity contribution in [3.05, 3.63) is 54.7 Å². The van der Waals surface area contributed by atoms with Crippen molar-refractivity contribution in [3.63, 3.8) is 0 Å². The van der Waals surface area contributed by atoms with Crippen molar-refractivity contribution in [2.45, 2.75) is 19.4 Å². The minimum Gasteiger partial charge on any atom is -0.387 e. The Morgan fingerprint density at radius 2 is 1.94 bits per heavy atom. The van der Waals surface area contributed by atoms with E-state index in [2.05, 4.69) is 0 Å². The molecule has 1 N–H and O–H groups in total. The summed E-state index contributed by atoms with van der Waals surface area (Å²) in [7, 11) is 0. The van der Waals surface area contributed by atoms with Crippen molar-refractivity contribution in [2.75, 3.05) is 0 Å². The number of benzene rings is 1. The van der Waals surface area contributed by atoms with Crippen LogP contribution in [0.15, 0.2) is 23.6 Å². The zero-order valence-corrected chi connectivity index (χ0v) is 12.7. The van der Waals surface area contributed by atoms with Gasteiger partial charge in [-0.25, -0.2) is 0 Å². The number of aliphatic hydroxyl groups excluding tert-OH is 1. The number of rotatable bonds is 3. The Bertz CT molecular complexity index is 565. The molecule has 1 aromatic heterocycles. The van der Waals surface area contributed by atoms with Crippen LogP contribution in [0.4, 0.5) is 0 Å². The number of halogens is 3. The molecule has 0 spiro atoms. The average Bonchev–Trinajstić information content (AvgIpc) is 2.66. The molecule has 1 heterocycles. The molecule has 0 bridgehead atoms. The van der Waals surface area contributed by atoms with Crippen LogP contribution in [0, 0.1) is 6.92 Å². The molecule has 0 aliphatic carbocycles. The molecule has 5 heteroatoms. The predicted octanol–water partition coefficient (Wildman–Crippen LogP) is 5.29. The number of aryl methyl sites for hydroxylation is 1. The van der Waals surface area contributed by atoms with Gasteiger partial charge in [0.25, 0.3) is 0 Å². The number of aliphatic hydroxyl groups is 1. The van der Waals surface area contributed by atoms with E-state index in [0.717, 1.165) is 16.0 Å². The Balaban J connectivity index is 2.24. The summed E-state index contributed by atoms with van der Waals surface area (Å²) in [5.41, 5.74) is 1.80. The summed E-state index contributed by atoms with van der Waals surface area (Å²) in [4.78, 5) is 0.769. The van der Waals surface area contributed by atoms with Gasteiger partial charge in [-0.3, -0.25) is 0 Å². The molecular formula is C13H11Cl3OS. The molecule has 2 aromatic rings. The lowest BCUT2D eigenvalue weighted by molar-refractivity contribution is 0.182. The lowest BCUT2D eigenvalue weighted by Crippen LogP contribution is -2.01. The second kappa shape index (κ2) is 5.81. The first-order chi connectivity index (χ1) is 8.50. The summed E-state index contributed by atoms with van der Waals surface area (Å²) >= 11 is 19.6. The second-order valence-electron chi connectivity index (χ2n) is 4.03. The molecule has 96 valence electrons. The van der Waals surface area contributed by atoms with E-state index in [4.69, 9.17) is 34.8 Å². The zero-order valence-electron chi connectivity index (χ0n) is 9.58. The van der Waals surface area contributed by atoms with Crippen molar-refractivity contribution in [1.29, 1.82) is 0 Å². The third-order valence-corrected chi connectivity index (χ3v) is 5.35. The minimum atomic E-state index is -0.660. The Labute approximate surface area is 125 Å². The largest absolute Gasteiger partial charge is 0.387 e. The van der Waals surface area contributed by atoms with Gasteiger partial charge >= 0.3 is 0 Å². The zero-order chi connectivity index (χ0) is 13.3. The summed E-state index contributed by atoms with van der Waals surface area (Å²) in [5.74, 6) is 0. The molecule has 18 heavy (non-hydrogen) atoms. The van der Waals surface area contributed by atoms with E-state index in [1.54, 1.807) is 6.07 Å². The van der Waals surface area contributed by atoms with E-state index in [1.165, 1.54) is 11.3 Å². The first kappa shape index (κ1) is 14.2. The fourth-order valence-corrected chi connectivity index (χ4v) is 3.38. The molecular weight excluding hydrogens is 311 g/mol. The molecule has 1 unspecified atom stereocenters. The highest BCUT2D eigenvalue weighted by Gasteiger charge is 2.17. The number of hydrogen-bond donors (Lipinski definition) is 1. The van der Waals surface area contributed by atoms with Gasteiger partial charge in [-0.15, -0.1) is 11.3 Å². The first-order valence-electron chi connectivity index (χ1n) is 5.35. The van der Waals surface area contributed by atoms with Crippen LogP contribution in [0.3, 0.4) is 0 Å². The Morgan fingerprint density at radius 3 is 2.56 bits per heavy atom. The maximum absolute atomic E-state index is 10.2. The highest BCUT2D eigenvalue weighted by Crippen LogP contribution is 2.35. The summed E-state index contributed by atoms with van der Waals surface area (Å²) in [6.07, 6.45) is -0.258. The molecule has 0 aliphatic rings. The molecule has 0 aliphatic heterocycles. The van der Waals surface area contributed by atoms with Crippen LogP contribution in [-0.2, 0) is 6.42 Å². The van der Waals surface area contributed by atoms with Crippen molar-refractivity contribution >= 4 is 46.1 Å². The topological polar surface area (TPSA) is 20.2 Å². The van der Waals surface area contributed by atoms with Crippen LogP contribution < -0.4 is 0 Å². The van der Waals surface area contributed by atoms with Crippen LogP contribution in [0.25, 0.3) is 0 Å². The molecule has 0 fully saturated rings. The second-order valence-corrected chi connectivity index (χ2v) is 6.10. The molecule has 0 saturated heterocycles. The highest BCUT2D eigenvalue weighted by molar-refractivity contribution is 7.10. The minimum absolute atomic E-state index is 0.402. The summed E-state index contributed by atoms with van der Waals surface area (Å²) in [6.45, 7) is 1.92. The van der Waals surface area contributed by atoms with Gasteiger partial charge in [0, 0.05) is 6.42 Å². The molecule has 0 radical (unpaired) electrons. The number of hydrogen-bond acceptors (Lipinski definition) is 2.